The number of nitrogens with zero attached hydrogens (tertiary/aromatic N) is 4. The zero-order valence-corrected chi connectivity index (χ0v) is 14.2. The number of halogens is 1. The zero-order valence-electron chi connectivity index (χ0n) is 14.2. The SMILES string of the molecule is O=C(c1cc2ccc(F)cc2[nH]1)N1CCn2c(nnc2C2CCCN2)C1. The van der Waals surface area contributed by atoms with Crippen LogP contribution in [0.4, 0.5) is 4.39 Å². The Kier molecular flexibility index (Phi) is 3.53. The van der Waals surface area contributed by atoms with Gasteiger partial charge in [0.2, 0.25) is 0 Å². The van der Waals surface area contributed by atoms with Gasteiger partial charge in [0, 0.05) is 24.0 Å². The molecule has 3 aromatic rings. The molecule has 2 aromatic heterocycles. The van der Waals surface area contributed by atoms with E-state index in [0.717, 1.165) is 36.4 Å². The quantitative estimate of drug-likeness (QED) is 0.738. The van der Waals surface area contributed by atoms with E-state index < -0.39 is 0 Å². The fraction of sp³-hybridized carbons (Fsp3) is 0.389. The molecule has 0 spiro atoms. The molecule has 2 aliphatic rings. The second-order valence-corrected chi connectivity index (χ2v) is 6.92. The summed E-state index contributed by atoms with van der Waals surface area (Å²) in [4.78, 5) is 17.6. The minimum Gasteiger partial charge on any atom is -0.350 e. The average molecular weight is 354 g/mol. The number of rotatable bonds is 2. The van der Waals surface area contributed by atoms with Gasteiger partial charge in [-0.1, -0.05) is 0 Å². The monoisotopic (exact) mass is 354 g/mol. The highest BCUT2D eigenvalue weighted by Crippen LogP contribution is 2.25. The first-order chi connectivity index (χ1) is 12.7. The van der Waals surface area contributed by atoms with Crippen LogP contribution in [0.1, 0.15) is 41.0 Å². The molecule has 2 aliphatic heterocycles. The number of H-pyrrole nitrogens is 1. The van der Waals surface area contributed by atoms with Gasteiger partial charge < -0.3 is 19.8 Å². The van der Waals surface area contributed by atoms with E-state index in [0.29, 0.717) is 30.8 Å². The van der Waals surface area contributed by atoms with Crippen molar-refractivity contribution in [2.75, 3.05) is 13.1 Å². The summed E-state index contributed by atoms with van der Waals surface area (Å²) >= 11 is 0. The molecule has 0 aliphatic carbocycles. The highest BCUT2D eigenvalue weighted by Gasteiger charge is 2.29. The van der Waals surface area contributed by atoms with Gasteiger partial charge in [0.25, 0.3) is 5.91 Å². The fourth-order valence-corrected chi connectivity index (χ4v) is 3.90. The molecule has 7 nitrogen and oxygen atoms in total. The fourth-order valence-electron chi connectivity index (χ4n) is 3.90. The lowest BCUT2D eigenvalue weighted by Gasteiger charge is -2.28. The topological polar surface area (TPSA) is 78.8 Å². The van der Waals surface area contributed by atoms with Crippen LogP contribution in [0.3, 0.4) is 0 Å². The molecule has 1 atom stereocenters. The molecule has 1 fully saturated rings. The maximum Gasteiger partial charge on any atom is 0.270 e. The number of hydrogen-bond donors (Lipinski definition) is 2. The van der Waals surface area contributed by atoms with Crippen LogP contribution in [0.15, 0.2) is 24.3 Å². The van der Waals surface area contributed by atoms with E-state index in [1.165, 1.54) is 12.1 Å². The second kappa shape index (κ2) is 5.91. The third-order valence-electron chi connectivity index (χ3n) is 5.26. The standard InChI is InChI=1S/C18H19FN6O/c19-12-4-3-11-8-15(21-14(11)9-12)18(26)24-6-7-25-16(10-24)22-23-17(25)13-2-1-5-20-13/h3-4,8-9,13,20-21H,1-2,5-7,10H2. The van der Waals surface area contributed by atoms with Gasteiger partial charge in [-0.2, -0.15) is 0 Å². The Labute approximate surface area is 149 Å². The maximum atomic E-state index is 13.4. The van der Waals surface area contributed by atoms with Gasteiger partial charge in [0.1, 0.15) is 17.3 Å². The van der Waals surface area contributed by atoms with Crippen LogP contribution in [0.25, 0.3) is 10.9 Å². The van der Waals surface area contributed by atoms with Crippen LogP contribution in [0.5, 0.6) is 0 Å². The van der Waals surface area contributed by atoms with Crippen molar-refractivity contribution in [2.24, 2.45) is 0 Å². The van der Waals surface area contributed by atoms with Crippen molar-refractivity contribution in [3.63, 3.8) is 0 Å². The van der Waals surface area contributed by atoms with Gasteiger partial charge in [0.05, 0.1) is 12.6 Å². The molecule has 0 bridgehead atoms. The van der Waals surface area contributed by atoms with Crippen LogP contribution >= 0.6 is 0 Å². The van der Waals surface area contributed by atoms with Gasteiger partial charge in [-0.25, -0.2) is 4.39 Å². The number of hydrogen-bond acceptors (Lipinski definition) is 4. The van der Waals surface area contributed by atoms with Crippen LogP contribution in [-0.4, -0.2) is 43.6 Å². The third-order valence-corrected chi connectivity index (χ3v) is 5.26. The van der Waals surface area contributed by atoms with Crippen molar-refractivity contribution in [3.05, 3.63) is 47.4 Å². The normalized spacial score (nSPS) is 19.9. The molecule has 2 N–H and O–H groups in total. The molecule has 1 amide bonds. The van der Waals surface area contributed by atoms with Crippen LogP contribution in [0.2, 0.25) is 0 Å². The molecular weight excluding hydrogens is 335 g/mol. The van der Waals surface area contributed by atoms with Crippen LogP contribution in [-0.2, 0) is 13.1 Å². The van der Waals surface area contributed by atoms with Gasteiger partial charge in [-0.3, -0.25) is 4.79 Å². The summed E-state index contributed by atoms with van der Waals surface area (Å²) in [5.41, 5.74) is 1.10. The molecule has 1 unspecified atom stereocenters. The minimum atomic E-state index is -0.322. The van der Waals surface area contributed by atoms with Crippen molar-refractivity contribution in [1.29, 1.82) is 0 Å². The molecule has 4 heterocycles. The summed E-state index contributed by atoms with van der Waals surface area (Å²) in [6, 6.07) is 6.50. The van der Waals surface area contributed by atoms with E-state index in [4.69, 9.17) is 0 Å². The summed E-state index contributed by atoms with van der Waals surface area (Å²) in [5, 5.41) is 12.9. The van der Waals surface area contributed by atoms with Gasteiger partial charge >= 0.3 is 0 Å². The Morgan fingerprint density at radius 1 is 1.23 bits per heavy atom. The molecule has 1 saturated heterocycles. The Bertz CT molecular complexity index is 987. The number of fused-ring (bicyclic) bond motifs is 2. The van der Waals surface area contributed by atoms with E-state index in [-0.39, 0.29) is 17.8 Å². The van der Waals surface area contributed by atoms with Crippen molar-refractivity contribution < 1.29 is 9.18 Å². The molecule has 0 saturated carbocycles. The highest BCUT2D eigenvalue weighted by atomic mass is 19.1. The average Bonchev–Trinajstić information content (AvgIpc) is 3.38. The van der Waals surface area contributed by atoms with Gasteiger partial charge in [0.15, 0.2) is 5.82 Å². The highest BCUT2D eigenvalue weighted by molar-refractivity contribution is 5.98. The molecule has 0 radical (unpaired) electrons. The lowest BCUT2D eigenvalue weighted by molar-refractivity contribution is 0.0701. The predicted octanol–water partition coefficient (Wildman–Crippen LogP) is 1.98. The number of amides is 1. The van der Waals surface area contributed by atoms with Crippen molar-refractivity contribution >= 4 is 16.8 Å². The molecular formula is C18H19FN6O. The first-order valence-electron chi connectivity index (χ1n) is 8.92. The summed E-state index contributed by atoms with van der Waals surface area (Å²) in [6.07, 6.45) is 2.23. The Morgan fingerprint density at radius 3 is 3.00 bits per heavy atom. The summed E-state index contributed by atoms with van der Waals surface area (Å²) in [6.45, 7) is 2.74. The number of carbonyl (C=O) groups is 1. The first-order valence-corrected chi connectivity index (χ1v) is 8.92. The Morgan fingerprint density at radius 2 is 2.15 bits per heavy atom. The first kappa shape index (κ1) is 15.5. The number of benzene rings is 1. The largest absolute Gasteiger partial charge is 0.350 e. The van der Waals surface area contributed by atoms with E-state index in [9.17, 15) is 9.18 Å². The van der Waals surface area contributed by atoms with E-state index in [2.05, 4.69) is 25.1 Å². The minimum absolute atomic E-state index is 0.101. The van der Waals surface area contributed by atoms with E-state index in [1.807, 2.05) is 0 Å². The van der Waals surface area contributed by atoms with Crippen LogP contribution in [0, 0.1) is 5.82 Å². The Balaban J connectivity index is 1.38. The van der Waals surface area contributed by atoms with E-state index >= 15 is 0 Å². The summed E-state index contributed by atoms with van der Waals surface area (Å²) < 4.78 is 15.5. The molecule has 5 rings (SSSR count). The number of carbonyl (C=O) groups excluding carboxylic acids is 1. The molecule has 134 valence electrons. The van der Waals surface area contributed by atoms with Crippen LogP contribution < -0.4 is 5.32 Å². The predicted molar refractivity (Wildman–Crippen MR) is 93.0 cm³/mol. The van der Waals surface area contributed by atoms with Crippen molar-refractivity contribution in [3.8, 4) is 0 Å². The van der Waals surface area contributed by atoms with E-state index in [1.54, 1.807) is 17.0 Å². The third kappa shape index (κ3) is 2.48. The number of aromatic amines is 1. The zero-order chi connectivity index (χ0) is 17.7. The second-order valence-electron chi connectivity index (χ2n) is 6.92. The molecule has 26 heavy (non-hydrogen) atoms. The number of aromatic nitrogens is 4. The van der Waals surface area contributed by atoms with Gasteiger partial charge in [-0.05, 0) is 43.7 Å². The molecule has 1 aromatic carbocycles. The Hall–Kier alpha value is -2.74. The lowest BCUT2D eigenvalue weighted by Crippen LogP contribution is -2.39. The summed E-state index contributed by atoms with van der Waals surface area (Å²) in [5.74, 6) is 1.37. The smallest absolute Gasteiger partial charge is 0.270 e. The van der Waals surface area contributed by atoms with Gasteiger partial charge in [-0.15, -0.1) is 10.2 Å². The van der Waals surface area contributed by atoms with Crippen molar-refractivity contribution in [2.45, 2.75) is 32.0 Å². The maximum absolute atomic E-state index is 13.4. The number of nitrogens with one attached hydrogen (secondary N) is 2. The van der Waals surface area contributed by atoms with Crippen molar-refractivity contribution in [1.82, 2.24) is 30.0 Å². The molecule has 8 heteroatoms. The summed E-state index contributed by atoms with van der Waals surface area (Å²) in [7, 11) is 0. The lowest BCUT2D eigenvalue weighted by atomic mass is 10.2.